The van der Waals surface area contributed by atoms with E-state index >= 15 is 0 Å². The second-order valence-electron chi connectivity index (χ2n) is 3.63. The van der Waals surface area contributed by atoms with Gasteiger partial charge in [-0.2, -0.15) is 0 Å². The van der Waals surface area contributed by atoms with Gasteiger partial charge in [-0.1, -0.05) is 19.9 Å². The number of hydrogen-bond acceptors (Lipinski definition) is 3. The van der Waals surface area contributed by atoms with E-state index in [0.29, 0.717) is 0 Å². The lowest BCUT2D eigenvalue weighted by Crippen LogP contribution is -2.15. The molecule has 0 aliphatic rings. The van der Waals surface area contributed by atoms with Crippen molar-refractivity contribution in [2.24, 2.45) is 0 Å². The Balaban J connectivity index is 2.67. The van der Waals surface area contributed by atoms with Crippen LogP contribution in [0.2, 0.25) is 0 Å². The van der Waals surface area contributed by atoms with Gasteiger partial charge in [-0.05, 0) is 17.4 Å². The molecule has 2 heterocycles. The first-order chi connectivity index (χ1) is 7.20. The van der Waals surface area contributed by atoms with Gasteiger partial charge in [-0.15, -0.1) is 11.3 Å². The fraction of sp³-hybridized carbons (Fsp3) is 0.273. The number of thiophene rings is 1. The summed E-state index contributed by atoms with van der Waals surface area (Å²) in [5.74, 6) is 0.180. The third-order valence-electron chi connectivity index (χ3n) is 2.22. The zero-order chi connectivity index (χ0) is 10.8. The summed E-state index contributed by atoms with van der Waals surface area (Å²) in [5, 5.41) is 1.99. The van der Waals surface area contributed by atoms with Gasteiger partial charge >= 0.3 is 0 Å². The molecule has 3 nitrogen and oxygen atoms in total. The van der Waals surface area contributed by atoms with E-state index in [2.05, 4.69) is 9.97 Å². The van der Waals surface area contributed by atoms with Crippen LogP contribution in [0.15, 0.2) is 28.6 Å². The molecular weight excluding hydrogens is 208 g/mol. The Hall–Kier alpha value is -1.42. The largest absolute Gasteiger partial charge is 0.313 e. The van der Waals surface area contributed by atoms with Gasteiger partial charge in [0.1, 0.15) is 0 Å². The lowest BCUT2D eigenvalue weighted by atomic mass is 10.0. The highest BCUT2D eigenvalue weighted by Gasteiger charge is 2.14. The summed E-state index contributed by atoms with van der Waals surface area (Å²) < 4.78 is 0. The van der Waals surface area contributed by atoms with E-state index in [1.165, 1.54) is 6.33 Å². The predicted molar refractivity (Wildman–Crippen MR) is 62.3 cm³/mol. The average Bonchev–Trinajstić information content (AvgIpc) is 2.69. The molecule has 0 fully saturated rings. The van der Waals surface area contributed by atoms with E-state index < -0.39 is 0 Å². The highest BCUT2D eigenvalue weighted by molar-refractivity contribution is 7.13. The first kappa shape index (κ1) is 10.1. The van der Waals surface area contributed by atoms with Gasteiger partial charge in [0.15, 0.2) is 0 Å². The van der Waals surface area contributed by atoms with E-state index in [1.54, 1.807) is 11.3 Å². The number of H-pyrrole nitrogens is 1. The first-order valence-electron chi connectivity index (χ1n) is 4.81. The van der Waals surface area contributed by atoms with E-state index in [0.717, 1.165) is 16.1 Å². The Kier molecular flexibility index (Phi) is 2.68. The highest BCUT2D eigenvalue weighted by Crippen LogP contribution is 2.27. The molecule has 0 atom stereocenters. The first-order valence-corrected chi connectivity index (χ1v) is 5.69. The molecule has 2 aromatic rings. The second kappa shape index (κ2) is 3.98. The molecule has 4 heteroatoms. The third-order valence-corrected chi connectivity index (χ3v) is 3.10. The van der Waals surface area contributed by atoms with Crippen LogP contribution in [0.3, 0.4) is 0 Å². The number of aromatic amines is 1. The standard InChI is InChI=1S/C11H12N2OS/c1-7(2)9-10(8-4-3-5-15-8)12-6-13-11(9)14/h3-7H,1-2H3,(H,12,13,14). The predicted octanol–water partition coefficient (Wildman–Crippen LogP) is 2.62. The summed E-state index contributed by atoms with van der Waals surface area (Å²) in [7, 11) is 0. The van der Waals surface area contributed by atoms with Crippen molar-refractivity contribution in [1.82, 2.24) is 9.97 Å². The van der Waals surface area contributed by atoms with Crippen molar-refractivity contribution in [2.45, 2.75) is 19.8 Å². The van der Waals surface area contributed by atoms with Gasteiger partial charge in [0.05, 0.1) is 16.9 Å². The van der Waals surface area contributed by atoms with E-state index in [-0.39, 0.29) is 11.5 Å². The zero-order valence-electron chi connectivity index (χ0n) is 8.65. The van der Waals surface area contributed by atoms with E-state index in [4.69, 9.17) is 0 Å². The number of aromatic nitrogens is 2. The van der Waals surface area contributed by atoms with Gasteiger partial charge in [-0.3, -0.25) is 4.79 Å². The monoisotopic (exact) mass is 220 g/mol. The van der Waals surface area contributed by atoms with Gasteiger partial charge in [0.25, 0.3) is 5.56 Å². The molecule has 78 valence electrons. The molecule has 2 aromatic heterocycles. The second-order valence-corrected chi connectivity index (χ2v) is 4.57. The molecule has 1 N–H and O–H groups in total. The molecule has 0 spiro atoms. The molecule has 0 unspecified atom stereocenters. The fourth-order valence-corrected chi connectivity index (χ4v) is 2.29. The lowest BCUT2D eigenvalue weighted by molar-refractivity contribution is 0.834. The molecule has 0 saturated carbocycles. The van der Waals surface area contributed by atoms with Crippen LogP contribution in [0.1, 0.15) is 25.3 Å². The summed E-state index contributed by atoms with van der Waals surface area (Å²) in [6.45, 7) is 4.01. The Labute approximate surface area is 91.8 Å². The van der Waals surface area contributed by atoms with Crippen LogP contribution in [0, 0.1) is 0 Å². The van der Waals surface area contributed by atoms with Crippen molar-refractivity contribution in [3.8, 4) is 10.6 Å². The molecule has 15 heavy (non-hydrogen) atoms. The van der Waals surface area contributed by atoms with Gasteiger partial charge in [-0.25, -0.2) is 4.98 Å². The number of nitrogens with zero attached hydrogens (tertiary/aromatic N) is 1. The summed E-state index contributed by atoms with van der Waals surface area (Å²) in [5.41, 5.74) is 1.53. The van der Waals surface area contributed by atoms with Crippen LogP contribution in [-0.2, 0) is 0 Å². The topological polar surface area (TPSA) is 45.8 Å². The summed E-state index contributed by atoms with van der Waals surface area (Å²) >= 11 is 1.60. The molecule has 0 bridgehead atoms. The summed E-state index contributed by atoms with van der Waals surface area (Å²) in [6.07, 6.45) is 1.46. The number of rotatable bonds is 2. The van der Waals surface area contributed by atoms with Crippen LogP contribution in [-0.4, -0.2) is 9.97 Å². The molecule has 0 radical (unpaired) electrons. The smallest absolute Gasteiger partial charge is 0.254 e. The quantitative estimate of drug-likeness (QED) is 0.845. The van der Waals surface area contributed by atoms with E-state index in [9.17, 15) is 4.79 Å². The van der Waals surface area contributed by atoms with Crippen LogP contribution in [0.4, 0.5) is 0 Å². The summed E-state index contributed by atoms with van der Waals surface area (Å²) in [4.78, 5) is 19.6. The number of nitrogens with one attached hydrogen (secondary N) is 1. The van der Waals surface area contributed by atoms with Crippen LogP contribution < -0.4 is 5.56 Å². The van der Waals surface area contributed by atoms with Crippen molar-refractivity contribution in [2.75, 3.05) is 0 Å². The SMILES string of the molecule is CC(C)c1c(-c2cccs2)nc[nH]c1=O. The Bertz CT molecular complexity index is 500. The van der Waals surface area contributed by atoms with Crippen molar-refractivity contribution in [3.63, 3.8) is 0 Å². The zero-order valence-corrected chi connectivity index (χ0v) is 9.47. The van der Waals surface area contributed by atoms with Crippen LogP contribution in [0.25, 0.3) is 10.6 Å². The Morgan fingerprint density at radius 2 is 2.27 bits per heavy atom. The molecule has 0 aliphatic carbocycles. The fourth-order valence-electron chi connectivity index (χ4n) is 1.56. The van der Waals surface area contributed by atoms with Crippen molar-refractivity contribution in [1.29, 1.82) is 0 Å². The number of hydrogen-bond donors (Lipinski definition) is 1. The van der Waals surface area contributed by atoms with Gasteiger partial charge in [0, 0.05) is 5.56 Å². The molecule has 2 rings (SSSR count). The maximum atomic E-state index is 11.7. The molecule has 0 amide bonds. The lowest BCUT2D eigenvalue weighted by Gasteiger charge is -2.08. The minimum Gasteiger partial charge on any atom is -0.313 e. The maximum absolute atomic E-state index is 11.7. The van der Waals surface area contributed by atoms with Crippen molar-refractivity contribution in [3.05, 3.63) is 39.8 Å². The normalized spacial score (nSPS) is 10.9. The minimum atomic E-state index is -0.0385. The van der Waals surface area contributed by atoms with Crippen molar-refractivity contribution >= 4 is 11.3 Å². The highest BCUT2D eigenvalue weighted by atomic mass is 32.1. The van der Waals surface area contributed by atoms with Gasteiger partial charge < -0.3 is 4.98 Å². The molecule has 0 aliphatic heterocycles. The maximum Gasteiger partial charge on any atom is 0.254 e. The molecule has 0 saturated heterocycles. The third kappa shape index (κ3) is 1.85. The van der Waals surface area contributed by atoms with Crippen LogP contribution >= 0.6 is 11.3 Å². The van der Waals surface area contributed by atoms with E-state index in [1.807, 2.05) is 31.4 Å². The molecular formula is C11H12N2OS. The molecule has 0 aromatic carbocycles. The van der Waals surface area contributed by atoms with Crippen molar-refractivity contribution < 1.29 is 0 Å². The summed E-state index contributed by atoms with van der Waals surface area (Å²) in [6, 6.07) is 3.95. The average molecular weight is 220 g/mol. The Morgan fingerprint density at radius 1 is 1.47 bits per heavy atom. The Morgan fingerprint density at radius 3 is 2.87 bits per heavy atom. The van der Waals surface area contributed by atoms with Gasteiger partial charge in [0.2, 0.25) is 0 Å². The minimum absolute atomic E-state index is 0.0385. The van der Waals surface area contributed by atoms with Crippen LogP contribution in [0.5, 0.6) is 0 Å².